The Morgan fingerprint density at radius 1 is 1.00 bits per heavy atom. The number of aryl methyl sites for hydroxylation is 1. The summed E-state index contributed by atoms with van der Waals surface area (Å²) in [5, 5.41) is 5.75. The Morgan fingerprint density at radius 3 is 2.21 bits per heavy atom. The predicted molar refractivity (Wildman–Crippen MR) is 97.0 cm³/mol. The van der Waals surface area contributed by atoms with E-state index in [4.69, 9.17) is 0 Å². The first kappa shape index (κ1) is 17.7. The van der Waals surface area contributed by atoms with Crippen LogP contribution in [0.5, 0.6) is 0 Å². The fraction of sp³-hybridized carbons (Fsp3) is 0.300. The van der Waals surface area contributed by atoms with Crippen LogP contribution in [-0.4, -0.2) is 17.9 Å². The van der Waals surface area contributed by atoms with Gasteiger partial charge in [-0.3, -0.25) is 9.59 Å². The number of hydrogen-bond acceptors (Lipinski definition) is 2. The fourth-order valence-corrected chi connectivity index (χ4v) is 2.37. The molecule has 2 atom stereocenters. The van der Waals surface area contributed by atoms with E-state index in [1.807, 2.05) is 51.1 Å². The maximum absolute atomic E-state index is 12.6. The van der Waals surface area contributed by atoms with E-state index in [1.165, 1.54) is 0 Å². The zero-order valence-electron chi connectivity index (χ0n) is 14.4. The van der Waals surface area contributed by atoms with Gasteiger partial charge < -0.3 is 10.6 Å². The van der Waals surface area contributed by atoms with E-state index in [-0.39, 0.29) is 17.7 Å². The Labute approximate surface area is 143 Å². The largest absolute Gasteiger partial charge is 0.340 e. The smallest absolute Gasteiger partial charge is 0.251 e. The molecule has 0 fully saturated rings. The minimum atomic E-state index is -0.580. The number of rotatable bonds is 6. The quantitative estimate of drug-likeness (QED) is 0.849. The Kier molecular flexibility index (Phi) is 6.13. The second-order valence-corrected chi connectivity index (χ2v) is 6.06. The van der Waals surface area contributed by atoms with E-state index in [9.17, 15) is 9.59 Å². The van der Waals surface area contributed by atoms with E-state index >= 15 is 0 Å². The topological polar surface area (TPSA) is 58.2 Å². The molecule has 0 saturated heterocycles. The van der Waals surface area contributed by atoms with Crippen LogP contribution in [0.1, 0.15) is 36.2 Å². The molecule has 2 N–H and O–H groups in total. The van der Waals surface area contributed by atoms with Crippen molar-refractivity contribution in [2.45, 2.75) is 33.2 Å². The molecule has 2 aromatic carbocycles. The van der Waals surface area contributed by atoms with Crippen molar-refractivity contribution in [3.05, 3.63) is 65.7 Å². The van der Waals surface area contributed by atoms with Crippen LogP contribution >= 0.6 is 0 Å². The number of carbonyl (C=O) groups excluding carboxylic acids is 2. The van der Waals surface area contributed by atoms with Crippen LogP contribution in [0, 0.1) is 12.8 Å². The molecule has 0 aliphatic heterocycles. The predicted octanol–water partition coefficient (Wildman–Crippen LogP) is 3.78. The summed E-state index contributed by atoms with van der Waals surface area (Å²) in [7, 11) is 0. The van der Waals surface area contributed by atoms with Gasteiger partial charge in [0, 0.05) is 11.3 Å². The van der Waals surface area contributed by atoms with Gasteiger partial charge in [-0.1, -0.05) is 56.2 Å². The van der Waals surface area contributed by atoms with E-state index in [0.29, 0.717) is 5.56 Å². The number of amides is 2. The normalized spacial score (nSPS) is 13.0. The van der Waals surface area contributed by atoms with Crippen molar-refractivity contribution in [2.24, 2.45) is 5.92 Å². The third-order valence-electron chi connectivity index (χ3n) is 4.14. The van der Waals surface area contributed by atoms with Crippen molar-refractivity contribution in [1.82, 2.24) is 5.32 Å². The molecule has 0 saturated carbocycles. The Hall–Kier alpha value is -2.62. The van der Waals surface area contributed by atoms with Crippen LogP contribution in [0.2, 0.25) is 0 Å². The summed E-state index contributed by atoms with van der Waals surface area (Å²) in [6.45, 7) is 5.96. The summed E-state index contributed by atoms with van der Waals surface area (Å²) in [4.78, 5) is 25.0. The van der Waals surface area contributed by atoms with Crippen LogP contribution in [0.3, 0.4) is 0 Å². The summed E-state index contributed by atoms with van der Waals surface area (Å²) in [6, 6.07) is 16.0. The van der Waals surface area contributed by atoms with Gasteiger partial charge in [0.2, 0.25) is 5.91 Å². The molecule has 0 radical (unpaired) electrons. The SMILES string of the molecule is CC[C@H](C)[C@H](NC(=O)c1ccccc1)C(=O)Nc1ccc(C)cc1. The standard InChI is InChI=1S/C20H24N2O2/c1-4-15(3)18(22-19(23)16-8-6-5-7-9-16)20(24)21-17-12-10-14(2)11-13-17/h5-13,15,18H,4H2,1-3H3,(H,21,24)(H,22,23)/t15-,18-/m0/s1. The molecule has 0 heterocycles. The van der Waals surface area contributed by atoms with Crippen LogP contribution in [0.4, 0.5) is 5.69 Å². The molecule has 2 rings (SSSR count). The van der Waals surface area contributed by atoms with Gasteiger partial charge in [0.05, 0.1) is 0 Å². The van der Waals surface area contributed by atoms with Crippen LogP contribution in [-0.2, 0) is 4.79 Å². The lowest BCUT2D eigenvalue weighted by Crippen LogP contribution is -2.47. The third-order valence-corrected chi connectivity index (χ3v) is 4.14. The highest BCUT2D eigenvalue weighted by Gasteiger charge is 2.26. The van der Waals surface area contributed by atoms with Crippen molar-refractivity contribution in [3.63, 3.8) is 0 Å². The highest BCUT2D eigenvalue weighted by atomic mass is 16.2. The molecule has 126 valence electrons. The van der Waals surface area contributed by atoms with Crippen LogP contribution in [0.15, 0.2) is 54.6 Å². The summed E-state index contributed by atoms with van der Waals surface area (Å²) >= 11 is 0. The molecular weight excluding hydrogens is 300 g/mol. The molecule has 0 bridgehead atoms. The molecule has 0 spiro atoms. The molecule has 2 amide bonds. The minimum Gasteiger partial charge on any atom is -0.340 e. The van der Waals surface area contributed by atoms with E-state index in [1.54, 1.807) is 24.3 Å². The highest BCUT2D eigenvalue weighted by molar-refractivity contribution is 6.01. The number of anilines is 1. The first-order chi connectivity index (χ1) is 11.5. The second kappa shape index (κ2) is 8.29. The van der Waals surface area contributed by atoms with Crippen molar-refractivity contribution in [3.8, 4) is 0 Å². The second-order valence-electron chi connectivity index (χ2n) is 6.06. The minimum absolute atomic E-state index is 0.0307. The molecule has 4 heteroatoms. The maximum atomic E-state index is 12.6. The van der Waals surface area contributed by atoms with Gasteiger partial charge in [-0.15, -0.1) is 0 Å². The molecule has 24 heavy (non-hydrogen) atoms. The molecule has 2 aromatic rings. The molecule has 0 aliphatic carbocycles. The number of hydrogen-bond donors (Lipinski definition) is 2. The zero-order valence-corrected chi connectivity index (χ0v) is 14.4. The lowest BCUT2D eigenvalue weighted by atomic mass is 9.97. The Bertz CT molecular complexity index is 681. The van der Waals surface area contributed by atoms with Gasteiger partial charge in [-0.05, 0) is 37.1 Å². The first-order valence-corrected chi connectivity index (χ1v) is 8.24. The van der Waals surface area contributed by atoms with E-state index in [0.717, 1.165) is 17.7 Å². The first-order valence-electron chi connectivity index (χ1n) is 8.24. The zero-order chi connectivity index (χ0) is 17.5. The Balaban J connectivity index is 2.11. The van der Waals surface area contributed by atoms with E-state index < -0.39 is 6.04 Å². The van der Waals surface area contributed by atoms with Crippen LogP contribution < -0.4 is 10.6 Å². The van der Waals surface area contributed by atoms with Gasteiger partial charge in [-0.2, -0.15) is 0 Å². The van der Waals surface area contributed by atoms with Gasteiger partial charge in [0.15, 0.2) is 0 Å². The molecule has 0 aromatic heterocycles. The number of carbonyl (C=O) groups is 2. The lowest BCUT2D eigenvalue weighted by molar-refractivity contribution is -0.119. The van der Waals surface area contributed by atoms with Crippen molar-refractivity contribution in [2.75, 3.05) is 5.32 Å². The van der Waals surface area contributed by atoms with E-state index in [2.05, 4.69) is 10.6 Å². The van der Waals surface area contributed by atoms with Gasteiger partial charge >= 0.3 is 0 Å². The lowest BCUT2D eigenvalue weighted by Gasteiger charge is -2.23. The monoisotopic (exact) mass is 324 g/mol. The summed E-state index contributed by atoms with van der Waals surface area (Å²) in [5.41, 5.74) is 2.41. The summed E-state index contributed by atoms with van der Waals surface area (Å²) in [6.07, 6.45) is 0.793. The number of nitrogens with one attached hydrogen (secondary N) is 2. The van der Waals surface area contributed by atoms with Crippen LogP contribution in [0.25, 0.3) is 0 Å². The maximum Gasteiger partial charge on any atom is 0.251 e. The summed E-state index contributed by atoms with van der Waals surface area (Å²) in [5.74, 6) is -0.402. The number of benzene rings is 2. The molecule has 0 unspecified atom stereocenters. The average Bonchev–Trinajstić information content (AvgIpc) is 2.61. The fourth-order valence-electron chi connectivity index (χ4n) is 2.37. The highest BCUT2D eigenvalue weighted by Crippen LogP contribution is 2.14. The van der Waals surface area contributed by atoms with Crippen molar-refractivity contribution >= 4 is 17.5 Å². The van der Waals surface area contributed by atoms with Gasteiger partial charge in [0.1, 0.15) is 6.04 Å². The molecule has 4 nitrogen and oxygen atoms in total. The van der Waals surface area contributed by atoms with Crippen molar-refractivity contribution < 1.29 is 9.59 Å². The molecule has 0 aliphatic rings. The van der Waals surface area contributed by atoms with Gasteiger partial charge in [0.25, 0.3) is 5.91 Å². The third kappa shape index (κ3) is 4.69. The molecular formula is C20H24N2O2. The summed E-state index contributed by atoms with van der Waals surface area (Å²) < 4.78 is 0. The Morgan fingerprint density at radius 2 is 1.62 bits per heavy atom. The van der Waals surface area contributed by atoms with Crippen molar-refractivity contribution in [1.29, 1.82) is 0 Å². The average molecular weight is 324 g/mol. The van der Waals surface area contributed by atoms with Gasteiger partial charge in [-0.25, -0.2) is 0 Å².